The van der Waals surface area contributed by atoms with Crippen molar-refractivity contribution in [1.29, 1.82) is 0 Å². The number of carbonyl (C=O) groups is 2. The van der Waals surface area contributed by atoms with E-state index in [0.29, 0.717) is 18.8 Å². The molecule has 142 valence electrons. The molecule has 1 aliphatic rings. The Hall–Kier alpha value is -2.96. The van der Waals surface area contributed by atoms with Crippen molar-refractivity contribution in [2.45, 2.75) is 18.9 Å². The van der Waals surface area contributed by atoms with E-state index in [1.165, 1.54) is 13.2 Å². The molecule has 27 heavy (non-hydrogen) atoms. The average molecular weight is 374 g/mol. The molecule has 7 heteroatoms. The molecule has 1 atom stereocenters. The molecule has 0 unspecified atom stereocenters. The number of hydrogen-bond donors (Lipinski definition) is 1. The zero-order valence-corrected chi connectivity index (χ0v) is 14.9. The van der Waals surface area contributed by atoms with Gasteiger partial charge in [-0.1, -0.05) is 12.1 Å². The summed E-state index contributed by atoms with van der Waals surface area (Å²) in [6, 6.07) is 10.1. The van der Waals surface area contributed by atoms with Crippen LogP contribution in [0.15, 0.2) is 42.5 Å². The van der Waals surface area contributed by atoms with E-state index in [9.17, 15) is 18.4 Å². The number of amides is 1. The number of rotatable bonds is 4. The molecule has 1 heterocycles. The highest BCUT2D eigenvalue weighted by molar-refractivity contribution is 6.05. The van der Waals surface area contributed by atoms with E-state index in [2.05, 4.69) is 5.32 Å². The van der Waals surface area contributed by atoms with Crippen molar-refractivity contribution in [2.24, 2.45) is 0 Å². The molecular weight excluding hydrogens is 354 g/mol. The van der Waals surface area contributed by atoms with Crippen molar-refractivity contribution in [3.8, 4) is 0 Å². The lowest BCUT2D eigenvalue weighted by molar-refractivity contribution is 0.0587. The number of esters is 1. The van der Waals surface area contributed by atoms with Crippen molar-refractivity contribution >= 4 is 17.6 Å². The Morgan fingerprint density at radius 3 is 2.56 bits per heavy atom. The van der Waals surface area contributed by atoms with E-state index < -0.39 is 17.6 Å². The largest absolute Gasteiger partial charge is 0.465 e. The fourth-order valence-electron chi connectivity index (χ4n) is 3.23. The number of ether oxygens (including phenoxy) is 1. The lowest BCUT2D eigenvalue weighted by Crippen LogP contribution is -2.45. The lowest BCUT2D eigenvalue weighted by atomic mass is 10.0. The second-order valence-corrected chi connectivity index (χ2v) is 6.40. The minimum absolute atomic E-state index is 0.0992. The number of benzene rings is 2. The predicted molar refractivity (Wildman–Crippen MR) is 96.7 cm³/mol. The zero-order valence-electron chi connectivity index (χ0n) is 14.9. The second-order valence-electron chi connectivity index (χ2n) is 6.40. The molecule has 0 spiro atoms. The Morgan fingerprint density at radius 1 is 1.11 bits per heavy atom. The summed E-state index contributed by atoms with van der Waals surface area (Å²) in [5.41, 5.74) is 0.974. The molecule has 0 saturated carbocycles. The van der Waals surface area contributed by atoms with Crippen LogP contribution in [0, 0.1) is 11.6 Å². The molecule has 1 N–H and O–H groups in total. The summed E-state index contributed by atoms with van der Waals surface area (Å²) < 4.78 is 31.2. The first-order chi connectivity index (χ1) is 13.0. The third kappa shape index (κ3) is 4.24. The highest BCUT2D eigenvalue weighted by Gasteiger charge is 2.27. The average Bonchev–Trinajstić information content (AvgIpc) is 2.70. The Labute approximate surface area is 155 Å². The molecule has 1 saturated heterocycles. The summed E-state index contributed by atoms with van der Waals surface area (Å²) in [6.45, 7) is 0.956. The van der Waals surface area contributed by atoms with E-state index in [-0.39, 0.29) is 23.1 Å². The van der Waals surface area contributed by atoms with E-state index in [1.54, 1.807) is 29.2 Å². The third-order valence-corrected chi connectivity index (χ3v) is 4.56. The van der Waals surface area contributed by atoms with Gasteiger partial charge in [0.2, 0.25) is 0 Å². The SMILES string of the molecule is COC(=O)c1ccccc1C(=O)N1CCC[C@H](Nc2ccc(F)c(F)c2)C1. The molecule has 1 amide bonds. The molecule has 2 aromatic carbocycles. The maximum Gasteiger partial charge on any atom is 0.338 e. The normalized spacial score (nSPS) is 16.7. The first kappa shape index (κ1) is 18.8. The molecule has 0 radical (unpaired) electrons. The number of methoxy groups -OCH3 is 1. The van der Waals surface area contributed by atoms with Crippen molar-refractivity contribution in [1.82, 2.24) is 4.90 Å². The number of anilines is 1. The Morgan fingerprint density at radius 2 is 1.85 bits per heavy atom. The van der Waals surface area contributed by atoms with Crippen LogP contribution in [0.5, 0.6) is 0 Å². The van der Waals surface area contributed by atoms with Crippen LogP contribution in [0.3, 0.4) is 0 Å². The van der Waals surface area contributed by atoms with Gasteiger partial charge in [0.05, 0.1) is 18.2 Å². The maximum absolute atomic E-state index is 13.4. The second kappa shape index (κ2) is 8.16. The zero-order chi connectivity index (χ0) is 19.4. The smallest absolute Gasteiger partial charge is 0.338 e. The fraction of sp³-hybridized carbons (Fsp3) is 0.300. The number of likely N-dealkylation sites (tertiary alicyclic amines) is 1. The van der Waals surface area contributed by atoms with Crippen molar-refractivity contribution in [3.63, 3.8) is 0 Å². The van der Waals surface area contributed by atoms with Gasteiger partial charge in [-0.15, -0.1) is 0 Å². The quantitative estimate of drug-likeness (QED) is 0.833. The summed E-state index contributed by atoms with van der Waals surface area (Å²) in [6.07, 6.45) is 1.55. The number of piperidine rings is 1. The monoisotopic (exact) mass is 374 g/mol. The molecule has 0 aliphatic carbocycles. The van der Waals surface area contributed by atoms with Crippen LogP contribution < -0.4 is 5.32 Å². The van der Waals surface area contributed by atoms with Crippen LogP contribution >= 0.6 is 0 Å². The van der Waals surface area contributed by atoms with Gasteiger partial charge in [-0.2, -0.15) is 0 Å². The summed E-state index contributed by atoms with van der Waals surface area (Å²) in [5, 5.41) is 3.14. The van der Waals surface area contributed by atoms with Crippen molar-refractivity contribution < 1.29 is 23.1 Å². The molecule has 3 rings (SSSR count). The minimum atomic E-state index is -0.921. The number of carbonyl (C=O) groups excluding carboxylic acids is 2. The maximum atomic E-state index is 13.4. The summed E-state index contributed by atoms with van der Waals surface area (Å²) in [7, 11) is 1.27. The topological polar surface area (TPSA) is 58.6 Å². The first-order valence-corrected chi connectivity index (χ1v) is 8.68. The van der Waals surface area contributed by atoms with Crippen LogP contribution in [-0.2, 0) is 4.74 Å². The number of nitrogens with zero attached hydrogens (tertiary/aromatic N) is 1. The predicted octanol–water partition coefficient (Wildman–Crippen LogP) is 3.47. The van der Waals surface area contributed by atoms with Crippen LogP contribution in [0.2, 0.25) is 0 Å². The molecule has 2 aromatic rings. The molecule has 0 bridgehead atoms. The minimum Gasteiger partial charge on any atom is -0.465 e. The van der Waals surface area contributed by atoms with Gasteiger partial charge in [-0.3, -0.25) is 4.79 Å². The number of hydrogen-bond acceptors (Lipinski definition) is 4. The van der Waals surface area contributed by atoms with Crippen molar-refractivity contribution in [3.05, 3.63) is 65.2 Å². The van der Waals surface area contributed by atoms with Crippen LogP contribution in [0.4, 0.5) is 14.5 Å². The van der Waals surface area contributed by atoms with E-state index in [1.807, 2.05) is 0 Å². The Bertz CT molecular complexity index is 857. The molecule has 1 fully saturated rings. The number of halogens is 2. The van der Waals surface area contributed by atoms with E-state index in [0.717, 1.165) is 25.0 Å². The highest BCUT2D eigenvalue weighted by Crippen LogP contribution is 2.21. The van der Waals surface area contributed by atoms with Gasteiger partial charge in [0.1, 0.15) is 0 Å². The van der Waals surface area contributed by atoms with E-state index in [4.69, 9.17) is 4.74 Å². The molecule has 0 aromatic heterocycles. The van der Waals surface area contributed by atoms with Gasteiger partial charge in [-0.05, 0) is 37.1 Å². The van der Waals surface area contributed by atoms with Gasteiger partial charge in [0.15, 0.2) is 11.6 Å². The lowest BCUT2D eigenvalue weighted by Gasteiger charge is -2.34. The molecule has 5 nitrogen and oxygen atoms in total. The number of nitrogens with one attached hydrogen (secondary N) is 1. The Kier molecular flexibility index (Phi) is 5.69. The van der Waals surface area contributed by atoms with Gasteiger partial charge in [0.25, 0.3) is 5.91 Å². The van der Waals surface area contributed by atoms with Crippen molar-refractivity contribution in [2.75, 3.05) is 25.5 Å². The summed E-state index contributed by atoms with van der Waals surface area (Å²) in [4.78, 5) is 26.5. The van der Waals surface area contributed by atoms with Gasteiger partial charge >= 0.3 is 5.97 Å². The Balaban J connectivity index is 1.73. The highest BCUT2D eigenvalue weighted by atomic mass is 19.2. The first-order valence-electron chi connectivity index (χ1n) is 8.68. The standard InChI is InChI=1S/C20H20F2N2O3/c1-27-20(26)16-7-3-2-6-15(16)19(25)24-10-4-5-14(12-24)23-13-8-9-17(21)18(22)11-13/h2-3,6-9,11,14,23H,4-5,10,12H2,1H3/t14-/m0/s1. The fourth-order valence-corrected chi connectivity index (χ4v) is 3.23. The van der Waals surface area contributed by atoms with Crippen LogP contribution in [-0.4, -0.2) is 43.0 Å². The molecule has 1 aliphatic heterocycles. The van der Waals surface area contributed by atoms with Crippen LogP contribution in [0.25, 0.3) is 0 Å². The van der Waals surface area contributed by atoms with Gasteiger partial charge < -0.3 is 15.0 Å². The summed E-state index contributed by atoms with van der Waals surface area (Å²) >= 11 is 0. The van der Waals surface area contributed by atoms with Gasteiger partial charge in [0, 0.05) is 30.9 Å². The third-order valence-electron chi connectivity index (χ3n) is 4.56. The van der Waals surface area contributed by atoms with E-state index >= 15 is 0 Å². The van der Waals surface area contributed by atoms with Crippen LogP contribution in [0.1, 0.15) is 33.6 Å². The molecular formula is C20H20F2N2O3. The summed E-state index contributed by atoms with van der Waals surface area (Å²) in [5.74, 6) is -2.64. The van der Waals surface area contributed by atoms with Gasteiger partial charge in [-0.25, -0.2) is 13.6 Å².